The number of rotatable bonds is 2. The van der Waals surface area contributed by atoms with E-state index in [1.54, 1.807) is 0 Å². The van der Waals surface area contributed by atoms with E-state index >= 15 is 0 Å². The third-order valence-corrected chi connectivity index (χ3v) is 2.35. The van der Waals surface area contributed by atoms with Gasteiger partial charge in [-0.25, -0.2) is 4.79 Å². The molecule has 2 N–H and O–H groups in total. The number of carbonyl (C=O) groups is 1. The lowest BCUT2D eigenvalue weighted by atomic mass is 9.99. The Morgan fingerprint density at radius 3 is 2.21 bits per heavy atom. The van der Waals surface area contributed by atoms with Crippen molar-refractivity contribution in [2.45, 2.75) is 26.3 Å². The molecule has 1 amide bonds. The van der Waals surface area contributed by atoms with Crippen LogP contribution in [0.15, 0.2) is 0 Å². The zero-order chi connectivity index (χ0) is 10.1. The fourth-order valence-electron chi connectivity index (χ4n) is 1.37. The van der Waals surface area contributed by atoms with Crippen molar-refractivity contribution in [2.24, 2.45) is 5.92 Å². The molecule has 1 aliphatic rings. The first-order chi connectivity index (χ1) is 5.91. The van der Waals surface area contributed by atoms with Gasteiger partial charge in [0, 0.05) is 31.1 Å². The van der Waals surface area contributed by atoms with Gasteiger partial charge in [0.15, 0.2) is 0 Å². The standard InChI is InChI=1S/C9H18N2O2.ClH/c1-9(2,3)11(8(12)13)6-7-4-10-5-7;/h7,10H,4-6H2,1-3H3,(H,12,13);1H. The molecule has 1 saturated heterocycles. The minimum atomic E-state index is -0.820. The van der Waals surface area contributed by atoms with E-state index in [9.17, 15) is 4.79 Å². The second-order valence-electron chi connectivity index (χ2n) is 4.59. The summed E-state index contributed by atoms with van der Waals surface area (Å²) in [4.78, 5) is 12.4. The molecule has 4 nitrogen and oxygen atoms in total. The number of carboxylic acid groups (broad SMARTS) is 1. The number of nitrogens with one attached hydrogen (secondary N) is 1. The molecule has 5 heteroatoms. The number of hydrogen-bond acceptors (Lipinski definition) is 2. The van der Waals surface area contributed by atoms with Crippen molar-refractivity contribution in [3.63, 3.8) is 0 Å². The van der Waals surface area contributed by atoms with E-state index in [0.717, 1.165) is 13.1 Å². The molecule has 1 heterocycles. The summed E-state index contributed by atoms with van der Waals surface area (Å²) in [6.07, 6.45) is -0.820. The van der Waals surface area contributed by atoms with Gasteiger partial charge in [-0.1, -0.05) is 0 Å². The van der Waals surface area contributed by atoms with Crippen LogP contribution in [0.2, 0.25) is 0 Å². The Kier molecular flexibility index (Phi) is 4.68. The van der Waals surface area contributed by atoms with Crippen molar-refractivity contribution in [1.29, 1.82) is 0 Å². The van der Waals surface area contributed by atoms with Crippen molar-refractivity contribution in [3.8, 4) is 0 Å². The SMILES string of the molecule is CC(C)(C)N(CC1CNC1)C(=O)O.Cl. The summed E-state index contributed by atoms with van der Waals surface area (Å²) in [6.45, 7) is 8.30. The lowest BCUT2D eigenvalue weighted by Crippen LogP contribution is -2.54. The Morgan fingerprint density at radius 2 is 2.00 bits per heavy atom. The van der Waals surface area contributed by atoms with Gasteiger partial charge in [0.05, 0.1) is 0 Å². The molecule has 0 spiro atoms. The summed E-state index contributed by atoms with van der Waals surface area (Å²) >= 11 is 0. The molecule has 0 saturated carbocycles. The normalized spacial score (nSPS) is 16.8. The summed E-state index contributed by atoms with van der Waals surface area (Å²) in [5.41, 5.74) is -0.290. The second kappa shape index (κ2) is 4.84. The zero-order valence-electron chi connectivity index (χ0n) is 8.91. The first kappa shape index (κ1) is 13.5. The lowest BCUT2D eigenvalue weighted by Gasteiger charge is -2.38. The predicted octanol–water partition coefficient (Wildman–Crippen LogP) is 1.41. The van der Waals surface area contributed by atoms with Gasteiger partial charge in [0.2, 0.25) is 0 Å². The molecule has 14 heavy (non-hydrogen) atoms. The molecule has 1 aliphatic heterocycles. The molecule has 0 atom stereocenters. The van der Waals surface area contributed by atoms with Gasteiger partial charge in [-0.15, -0.1) is 12.4 Å². The van der Waals surface area contributed by atoms with Crippen LogP contribution in [0.25, 0.3) is 0 Å². The molecule has 0 radical (unpaired) electrons. The van der Waals surface area contributed by atoms with Gasteiger partial charge in [-0.3, -0.25) is 0 Å². The van der Waals surface area contributed by atoms with Gasteiger partial charge >= 0.3 is 6.09 Å². The molecule has 0 aromatic carbocycles. The maximum Gasteiger partial charge on any atom is 0.407 e. The van der Waals surface area contributed by atoms with E-state index in [0.29, 0.717) is 12.5 Å². The van der Waals surface area contributed by atoms with Crippen LogP contribution in [0.5, 0.6) is 0 Å². The van der Waals surface area contributed by atoms with E-state index in [1.165, 1.54) is 4.90 Å². The van der Waals surface area contributed by atoms with Crippen molar-refractivity contribution < 1.29 is 9.90 Å². The Hall–Kier alpha value is -0.480. The Balaban J connectivity index is 0.00000169. The monoisotopic (exact) mass is 222 g/mol. The Bertz CT molecular complexity index is 199. The largest absolute Gasteiger partial charge is 0.465 e. The summed E-state index contributed by atoms with van der Waals surface area (Å²) in [7, 11) is 0. The molecule has 0 aromatic heterocycles. The van der Waals surface area contributed by atoms with Crippen molar-refractivity contribution >= 4 is 18.5 Å². The number of hydrogen-bond donors (Lipinski definition) is 2. The fourth-order valence-corrected chi connectivity index (χ4v) is 1.37. The summed E-state index contributed by atoms with van der Waals surface area (Å²) < 4.78 is 0. The van der Waals surface area contributed by atoms with Gasteiger partial charge in [0.1, 0.15) is 0 Å². The third kappa shape index (κ3) is 3.35. The van der Waals surface area contributed by atoms with Crippen LogP contribution in [0.3, 0.4) is 0 Å². The summed E-state index contributed by atoms with van der Waals surface area (Å²) in [5.74, 6) is 0.496. The van der Waals surface area contributed by atoms with E-state index in [4.69, 9.17) is 5.11 Å². The minimum Gasteiger partial charge on any atom is -0.465 e. The van der Waals surface area contributed by atoms with Crippen LogP contribution in [-0.2, 0) is 0 Å². The molecule has 0 aromatic rings. The molecule has 1 rings (SSSR count). The highest BCUT2D eigenvalue weighted by molar-refractivity contribution is 5.85. The highest BCUT2D eigenvalue weighted by Crippen LogP contribution is 2.17. The molecule has 84 valence electrons. The Labute approximate surface area is 91.1 Å². The fraction of sp³-hybridized carbons (Fsp3) is 0.889. The van der Waals surface area contributed by atoms with Crippen molar-refractivity contribution in [1.82, 2.24) is 10.2 Å². The lowest BCUT2D eigenvalue weighted by molar-refractivity contribution is 0.0809. The molecular formula is C9H19ClN2O2. The van der Waals surface area contributed by atoms with Gasteiger partial charge in [-0.05, 0) is 20.8 Å². The number of nitrogens with zero attached hydrogens (tertiary/aromatic N) is 1. The third-order valence-electron chi connectivity index (χ3n) is 2.35. The van der Waals surface area contributed by atoms with Crippen molar-refractivity contribution in [2.75, 3.05) is 19.6 Å². The average molecular weight is 223 g/mol. The maximum atomic E-state index is 10.9. The zero-order valence-corrected chi connectivity index (χ0v) is 9.73. The maximum absolute atomic E-state index is 10.9. The van der Waals surface area contributed by atoms with Crippen LogP contribution in [-0.4, -0.2) is 41.3 Å². The van der Waals surface area contributed by atoms with E-state index in [2.05, 4.69) is 5.32 Å². The summed E-state index contributed by atoms with van der Waals surface area (Å²) in [5, 5.41) is 12.1. The highest BCUT2D eigenvalue weighted by Gasteiger charge is 2.30. The minimum absolute atomic E-state index is 0. The van der Waals surface area contributed by atoms with E-state index in [1.807, 2.05) is 20.8 Å². The molecule has 0 bridgehead atoms. The smallest absolute Gasteiger partial charge is 0.407 e. The van der Waals surface area contributed by atoms with Crippen LogP contribution >= 0.6 is 12.4 Å². The van der Waals surface area contributed by atoms with E-state index < -0.39 is 6.09 Å². The van der Waals surface area contributed by atoms with Crippen LogP contribution < -0.4 is 5.32 Å². The Morgan fingerprint density at radius 1 is 1.50 bits per heavy atom. The highest BCUT2D eigenvalue weighted by atomic mass is 35.5. The summed E-state index contributed by atoms with van der Waals surface area (Å²) in [6, 6.07) is 0. The van der Waals surface area contributed by atoms with Gasteiger partial charge in [0.25, 0.3) is 0 Å². The second-order valence-corrected chi connectivity index (χ2v) is 4.59. The quantitative estimate of drug-likeness (QED) is 0.743. The number of amides is 1. The molecular weight excluding hydrogens is 204 g/mol. The topological polar surface area (TPSA) is 52.6 Å². The number of halogens is 1. The van der Waals surface area contributed by atoms with Crippen LogP contribution in [0.4, 0.5) is 4.79 Å². The first-order valence-corrected chi connectivity index (χ1v) is 4.62. The predicted molar refractivity (Wildman–Crippen MR) is 58.1 cm³/mol. The molecule has 1 fully saturated rings. The molecule has 0 unspecified atom stereocenters. The van der Waals surface area contributed by atoms with Crippen LogP contribution in [0, 0.1) is 5.92 Å². The van der Waals surface area contributed by atoms with Crippen molar-refractivity contribution in [3.05, 3.63) is 0 Å². The van der Waals surface area contributed by atoms with Gasteiger partial charge in [-0.2, -0.15) is 0 Å². The molecule has 0 aliphatic carbocycles. The first-order valence-electron chi connectivity index (χ1n) is 4.62. The average Bonchev–Trinajstić information content (AvgIpc) is 1.79. The van der Waals surface area contributed by atoms with E-state index in [-0.39, 0.29) is 17.9 Å². The van der Waals surface area contributed by atoms with Crippen LogP contribution in [0.1, 0.15) is 20.8 Å². The van der Waals surface area contributed by atoms with Gasteiger partial charge < -0.3 is 15.3 Å².